The topological polar surface area (TPSA) is 107 Å². The molecule has 0 bridgehead atoms. The number of hydrogen-bond donors (Lipinski definition) is 2. The molecule has 1 fully saturated rings. The molecule has 2 aromatic carbocycles. The second-order valence-corrected chi connectivity index (χ2v) is 8.90. The van der Waals surface area contributed by atoms with Crippen LogP contribution in [0.3, 0.4) is 0 Å². The predicted octanol–water partition coefficient (Wildman–Crippen LogP) is 2.47. The standard InChI is InChI=1S/C21H22N4O3S/c22-29(27,28)14-16-8-6-15(7-9-16)13-23-21(26)20-12-19(17-10-11-17)24-25(20)18-4-2-1-3-5-18/h1-9,12,17H,10-11,13-14H2,(H,23,26)(H2,22,27,28). The van der Waals surface area contributed by atoms with E-state index in [-0.39, 0.29) is 11.7 Å². The van der Waals surface area contributed by atoms with Gasteiger partial charge in [0.2, 0.25) is 10.0 Å². The molecule has 1 amide bonds. The minimum Gasteiger partial charge on any atom is -0.347 e. The van der Waals surface area contributed by atoms with E-state index in [0.717, 1.165) is 29.8 Å². The second kappa shape index (κ2) is 7.81. The molecule has 0 aliphatic heterocycles. The number of nitrogens with zero attached hydrogens (tertiary/aromatic N) is 2. The normalized spacial score (nSPS) is 14.0. The van der Waals surface area contributed by atoms with Crippen LogP contribution >= 0.6 is 0 Å². The zero-order valence-corrected chi connectivity index (χ0v) is 16.6. The summed E-state index contributed by atoms with van der Waals surface area (Å²) >= 11 is 0. The first-order valence-corrected chi connectivity index (χ1v) is 11.1. The maximum Gasteiger partial charge on any atom is 0.270 e. The number of aromatic nitrogens is 2. The van der Waals surface area contributed by atoms with Gasteiger partial charge in [-0.3, -0.25) is 4.79 Å². The smallest absolute Gasteiger partial charge is 0.270 e. The summed E-state index contributed by atoms with van der Waals surface area (Å²) < 4.78 is 24.0. The maximum absolute atomic E-state index is 12.9. The predicted molar refractivity (Wildman–Crippen MR) is 110 cm³/mol. The fourth-order valence-electron chi connectivity index (χ4n) is 3.16. The first-order chi connectivity index (χ1) is 13.9. The third-order valence-electron chi connectivity index (χ3n) is 4.80. The first kappa shape index (κ1) is 19.4. The number of carbonyl (C=O) groups excluding carboxylic acids is 1. The van der Waals surface area contributed by atoms with Crippen LogP contribution in [-0.4, -0.2) is 24.1 Å². The largest absolute Gasteiger partial charge is 0.347 e. The van der Waals surface area contributed by atoms with Crippen molar-refractivity contribution < 1.29 is 13.2 Å². The highest BCUT2D eigenvalue weighted by Gasteiger charge is 2.29. The number of nitrogens with one attached hydrogen (secondary N) is 1. The van der Waals surface area contributed by atoms with E-state index >= 15 is 0 Å². The van der Waals surface area contributed by atoms with E-state index in [1.807, 2.05) is 36.4 Å². The minimum absolute atomic E-state index is 0.207. The van der Waals surface area contributed by atoms with Crippen molar-refractivity contribution in [1.29, 1.82) is 0 Å². The number of para-hydroxylation sites is 1. The summed E-state index contributed by atoms with van der Waals surface area (Å²) in [5.74, 6) is 0.0274. The van der Waals surface area contributed by atoms with Crippen molar-refractivity contribution in [1.82, 2.24) is 15.1 Å². The number of hydrogen-bond acceptors (Lipinski definition) is 4. The molecular weight excluding hydrogens is 388 g/mol. The summed E-state index contributed by atoms with van der Waals surface area (Å²) in [6.45, 7) is 0.327. The third kappa shape index (κ3) is 4.90. The van der Waals surface area contributed by atoms with Crippen LogP contribution in [0.2, 0.25) is 0 Å². The molecule has 4 rings (SSSR count). The molecule has 1 saturated carbocycles. The van der Waals surface area contributed by atoms with Crippen molar-refractivity contribution in [3.05, 3.63) is 83.2 Å². The monoisotopic (exact) mass is 410 g/mol. The Morgan fingerprint density at radius 1 is 1.07 bits per heavy atom. The van der Waals surface area contributed by atoms with Crippen molar-refractivity contribution in [3.63, 3.8) is 0 Å². The van der Waals surface area contributed by atoms with Crippen LogP contribution in [0.1, 0.15) is 46.1 Å². The molecule has 150 valence electrons. The summed E-state index contributed by atoms with van der Waals surface area (Å²) in [6.07, 6.45) is 2.22. The molecule has 1 aliphatic rings. The molecule has 0 unspecified atom stereocenters. The van der Waals surface area contributed by atoms with Crippen LogP contribution in [0.25, 0.3) is 5.69 Å². The number of benzene rings is 2. The molecule has 0 saturated heterocycles. The van der Waals surface area contributed by atoms with Crippen molar-refractivity contribution >= 4 is 15.9 Å². The number of rotatable bonds is 7. The Morgan fingerprint density at radius 2 is 1.72 bits per heavy atom. The Balaban J connectivity index is 1.48. The van der Waals surface area contributed by atoms with Crippen LogP contribution in [-0.2, 0) is 22.3 Å². The Labute approximate surface area is 169 Å². The lowest BCUT2D eigenvalue weighted by Gasteiger charge is -2.09. The van der Waals surface area contributed by atoms with Gasteiger partial charge in [0.15, 0.2) is 0 Å². The van der Waals surface area contributed by atoms with Gasteiger partial charge in [-0.05, 0) is 42.2 Å². The van der Waals surface area contributed by atoms with Gasteiger partial charge in [-0.25, -0.2) is 18.2 Å². The molecule has 3 N–H and O–H groups in total. The van der Waals surface area contributed by atoms with Gasteiger partial charge in [0.05, 0.1) is 17.1 Å². The SMILES string of the molecule is NS(=O)(=O)Cc1ccc(CNC(=O)c2cc(C3CC3)nn2-c2ccccc2)cc1. The number of nitrogens with two attached hydrogens (primary N) is 1. The van der Waals surface area contributed by atoms with Gasteiger partial charge >= 0.3 is 0 Å². The lowest BCUT2D eigenvalue weighted by molar-refractivity contribution is 0.0943. The van der Waals surface area contributed by atoms with Gasteiger partial charge in [0, 0.05) is 12.5 Å². The number of sulfonamides is 1. The maximum atomic E-state index is 12.9. The molecule has 7 nitrogen and oxygen atoms in total. The summed E-state index contributed by atoms with van der Waals surface area (Å²) in [5, 5.41) is 12.6. The average Bonchev–Trinajstić information content (AvgIpc) is 3.45. The molecule has 8 heteroatoms. The van der Waals surface area contributed by atoms with E-state index in [0.29, 0.717) is 23.7 Å². The highest BCUT2D eigenvalue weighted by Crippen LogP contribution is 2.39. The molecule has 1 aliphatic carbocycles. The molecule has 1 heterocycles. The summed E-state index contributed by atoms with van der Waals surface area (Å²) in [6, 6.07) is 18.4. The second-order valence-electron chi connectivity index (χ2n) is 7.28. The van der Waals surface area contributed by atoms with Crippen molar-refractivity contribution in [2.24, 2.45) is 5.14 Å². The molecule has 1 aromatic heterocycles. The Bertz CT molecular complexity index is 1120. The summed E-state index contributed by atoms with van der Waals surface area (Å²) in [7, 11) is -3.56. The third-order valence-corrected chi connectivity index (χ3v) is 5.54. The summed E-state index contributed by atoms with van der Waals surface area (Å²) in [5.41, 5.74) is 3.77. The van der Waals surface area contributed by atoms with Crippen LogP contribution in [0, 0.1) is 0 Å². The highest BCUT2D eigenvalue weighted by atomic mass is 32.2. The van der Waals surface area contributed by atoms with E-state index in [9.17, 15) is 13.2 Å². The Morgan fingerprint density at radius 3 is 2.34 bits per heavy atom. The van der Waals surface area contributed by atoms with E-state index in [2.05, 4.69) is 10.4 Å². The fraction of sp³-hybridized carbons (Fsp3) is 0.238. The lowest BCUT2D eigenvalue weighted by atomic mass is 10.1. The van der Waals surface area contributed by atoms with Crippen molar-refractivity contribution in [2.45, 2.75) is 31.1 Å². The van der Waals surface area contributed by atoms with Gasteiger partial charge in [-0.1, -0.05) is 42.5 Å². The van der Waals surface area contributed by atoms with E-state index in [4.69, 9.17) is 5.14 Å². The first-order valence-electron chi connectivity index (χ1n) is 9.41. The quantitative estimate of drug-likeness (QED) is 0.624. The van der Waals surface area contributed by atoms with Gasteiger partial charge in [-0.15, -0.1) is 0 Å². The van der Waals surface area contributed by atoms with Gasteiger partial charge in [-0.2, -0.15) is 5.10 Å². The van der Waals surface area contributed by atoms with E-state index < -0.39 is 10.0 Å². The van der Waals surface area contributed by atoms with Crippen LogP contribution in [0.4, 0.5) is 0 Å². The zero-order chi connectivity index (χ0) is 20.4. The van der Waals surface area contributed by atoms with E-state index in [1.165, 1.54) is 0 Å². The molecule has 0 spiro atoms. The zero-order valence-electron chi connectivity index (χ0n) is 15.8. The van der Waals surface area contributed by atoms with Gasteiger partial charge < -0.3 is 5.32 Å². The van der Waals surface area contributed by atoms with Gasteiger partial charge in [0.25, 0.3) is 5.91 Å². The summed E-state index contributed by atoms with van der Waals surface area (Å²) in [4.78, 5) is 12.9. The lowest BCUT2D eigenvalue weighted by Crippen LogP contribution is -2.25. The molecular formula is C21H22N4O3S. The van der Waals surface area contributed by atoms with Crippen LogP contribution in [0.15, 0.2) is 60.7 Å². The van der Waals surface area contributed by atoms with Crippen LogP contribution < -0.4 is 10.5 Å². The Kier molecular flexibility index (Phi) is 5.21. The Hall–Kier alpha value is -2.97. The number of amides is 1. The molecule has 0 radical (unpaired) electrons. The van der Waals surface area contributed by atoms with E-state index in [1.54, 1.807) is 28.9 Å². The molecule has 29 heavy (non-hydrogen) atoms. The molecule has 0 atom stereocenters. The number of carbonyl (C=O) groups is 1. The van der Waals surface area contributed by atoms with Crippen LogP contribution in [0.5, 0.6) is 0 Å². The number of primary sulfonamides is 1. The van der Waals surface area contributed by atoms with Gasteiger partial charge in [0.1, 0.15) is 5.69 Å². The van der Waals surface area contributed by atoms with Crippen molar-refractivity contribution in [3.8, 4) is 5.69 Å². The average molecular weight is 410 g/mol. The highest BCUT2D eigenvalue weighted by molar-refractivity contribution is 7.88. The van der Waals surface area contributed by atoms with Crippen molar-refractivity contribution in [2.75, 3.05) is 0 Å². The fourth-order valence-corrected chi connectivity index (χ4v) is 3.82. The minimum atomic E-state index is -3.56. The molecule has 3 aromatic rings.